The van der Waals surface area contributed by atoms with Crippen LogP contribution in [0.2, 0.25) is 0 Å². The third kappa shape index (κ3) is 31.8. The van der Waals surface area contributed by atoms with E-state index in [-0.39, 0.29) is 18.5 Å². The second kappa shape index (κ2) is 27.5. The number of hydrogen-bond donors (Lipinski definition) is 6. The zero-order chi connectivity index (χ0) is 33.1. The molecule has 10 nitrogen and oxygen atoms in total. The lowest BCUT2D eigenvalue weighted by Crippen LogP contribution is -2.44. The number of nitrogens with two attached hydrogens (primary N) is 2. The number of rotatable bonds is 23. The zero-order valence-corrected chi connectivity index (χ0v) is 28.3. The quantitative estimate of drug-likeness (QED) is 0.0316. The topological polar surface area (TPSA) is 193 Å². The normalized spacial score (nSPS) is 13.6. The van der Waals surface area contributed by atoms with Crippen LogP contribution in [0.4, 0.5) is 0 Å². The van der Waals surface area contributed by atoms with Crippen LogP contribution in [0.25, 0.3) is 0 Å². The van der Waals surface area contributed by atoms with Crippen molar-refractivity contribution >= 4 is 16.4 Å². The largest absolute Gasteiger partial charge is 0.481 e. The highest BCUT2D eigenvalue weighted by Crippen LogP contribution is 2.36. The van der Waals surface area contributed by atoms with Gasteiger partial charge in [0.1, 0.15) is 0 Å². The Morgan fingerprint density at radius 2 is 1.21 bits per heavy atom. The van der Waals surface area contributed by atoms with Crippen molar-refractivity contribution in [3.8, 4) is 0 Å². The Labute approximate surface area is 257 Å². The summed E-state index contributed by atoms with van der Waals surface area (Å²) in [7, 11) is -3.29. The molecule has 0 radical (unpaired) electrons. The molecule has 2 atom stereocenters. The summed E-state index contributed by atoms with van der Waals surface area (Å²) in [5.41, 5.74) is 10.4. The molecule has 2 unspecified atom stereocenters. The molecule has 0 heterocycles. The first-order chi connectivity index (χ1) is 19.5. The molecule has 11 heteroatoms. The SMILES string of the molecule is CC(N)C(N)CC(C)(O)O.CCCCCCCC/C=C\CCCCCCC(CCC)(CCC)C(=O)O.COS(=O)(=O)O. The molecule has 0 aliphatic carbocycles. The Balaban J connectivity index is -0.000000773. The number of carbonyl (C=O) groups is 1. The number of carboxylic acid groups (broad SMARTS) is 1. The number of allylic oxidation sites excluding steroid dienone is 2. The van der Waals surface area contributed by atoms with E-state index in [1.54, 1.807) is 6.92 Å². The van der Waals surface area contributed by atoms with E-state index in [1.165, 1.54) is 77.6 Å². The Hall–Kier alpha value is -1.08. The van der Waals surface area contributed by atoms with Gasteiger partial charge >= 0.3 is 16.4 Å². The third-order valence-electron chi connectivity index (χ3n) is 7.09. The fraction of sp³-hybridized carbons (Fsp3) is 0.903. The Morgan fingerprint density at radius 3 is 1.52 bits per heavy atom. The molecule has 0 saturated heterocycles. The van der Waals surface area contributed by atoms with Gasteiger partial charge in [0.05, 0.1) is 12.5 Å². The van der Waals surface area contributed by atoms with Crippen molar-refractivity contribution in [3.05, 3.63) is 12.2 Å². The molecule has 0 spiro atoms. The first-order valence-corrected chi connectivity index (χ1v) is 17.3. The van der Waals surface area contributed by atoms with E-state index in [4.69, 9.17) is 26.2 Å². The fourth-order valence-electron chi connectivity index (χ4n) is 4.64. The third-order valence-corrected chi connectivity index (χ3v) is 7.51. The summed E-state index contributed by atoms with van der Waals surface area (Å²) in [5.74, 6) is -2.27. The summed E-state index contributed by atoms with van der Waals surface area (Å²) in [5, 5.41) is 27.4. The molecule has 0 amide bonds. The van der Waals surface area contributed by atoms with Crippen LogP contribution in [0.3, 0.4) is 0 Å². The molecule has 0 aliphatic heterocycles. The molecular formula is C31H66N2O8S. The van der Waals surface area contributed by atoms with Crippen LogP contribution in [0.15, 0.2) is 12.2 Å². The van der Waals surface area contributed by atoms with Crippen molar-refractivity contribution in [2.75, 3.05) is 7.11 Å². The number of aliphatic carboxylic acids is 1. The first-order valence-electron chi connectivity index (χ1n) is 15.9. The number of aliphatic hydroxyl groups is 2. The molecule has 0 aliphatic rings. The molecule has 0 aromatic heterocycles. The summed E-state index contributed by atoms with van der Waals surface area (Å²) >= 11 is 0. The second-order valence-corrected chi connectivity index (χ2v) is 12.8. The van der Waals surface area contributed by atoms with Crippen LogP contribution in [0.5, 0.6) is 0 Å². The van der Waals surface area contributed by atoms with E-state index in [2.05, 4.69) is 37.1 Å². The summed E-state index contributed by atoms with van der Waals surface area (Å²) in [4.78, 5) is 11.8. The van der Waals surface area contributed by atoms with E-state index in [1.807, 2.05) is 0 Å². The molecule has 0 rings (SSSR count). The van der Waals surface area contributed by atoms with Crippen molar-refractivity contribution < 1.29 is 37.3 Å². The van der Waals surface area contributed by atoms with Gasteiger partial charge in [-0.2, -0.15) is 8.42 Å². The summed E-state index contributed by atoms with van der Waals surface area (Å²) in [6.07, 6.45) is 24.6. The van der Waals surface area contributed by atoms with Gasteiger partial charge in [0.25, 0.3) is 0 Å². The average Bonchev–Trinajstić information content (AvgIpc) is 2.88. The van der Waals surface area contributed by atoms with Gasteiger partial charge in [-0.15, -0.1) is 0 Å². The Morgan fingerprint density at radius 1 is 0.810 bits per heavy atom. The van der Waals surface area contributed by atoms with Crippen molar-refractivity contribution in [1.82, 2.24) is 0 Å². The lowest BCUT2D eigenvalue weighted by Gasteiger charge is -2.29. The maximum absolute atomic E-state index is 11.8. The van der Waals surface area contributed by atoms with Gasteiger partial charge in [-0.05, 0) is 58.8 Å². The van der Waals surface area contributed by atoms with Crippen molar-refractivity contribution in [3.63, 3.8) is 0 Å². The van der Waals surface area contributed by atoms with Gasteiger partial charge in [0.15, 0.2) is 5.79 Å². The highest BCUT2D eigenvalue weighted by Gasteiger charge is 2.35. The van der Waals surface area contributed by atoms with Crippen molar-refractivity contribution in [1.29, 1.82) is 0 Å². The zero-order valence-electron chi connectivity index (χ0n) is 27.5. The maximum atomic E-state index is 11.8. The molecule has 0 aromatic carbocycles. The van der Waals surface area contributed by atoms with Crippen LogP contribution in [-0.2, 0) is 19.4 Å². The molecule has 8 N–H and O–H groups in total. The van der Waals surface area contributed by atoms with Gasteiger partial charge in [-0.1, -0.05) is 97.1 Å². The molecule has 42 heavy (non-hydrogen) atoms. The van der Waals surface area contributed by atoms with Crippen molar-refractivity contribution in [2.45, 2.75) is 168 Å². The number of hydrogen-bond acceptors (Lipinski definition) is 8. The van der Waals surface area contributed by atoms with E-state index < -0.39 is 27.6 Å². The van der Waals surface area contributed by atoms with Gasteiger partial charge < -0.3 is 26.8 Å². The molecule has 0 saturated carbocycles. The fourth-order valence-corrected chi connectivity index (χ4v) is 4.64. The van der Waals surface area contributed by atoms with Crippen LogP contribution in [-0.4, -0.2) is 59.2 Å². The molecule has 254 valence electrons. The van der Waals surface area contributed by atoms with Gasteiger partial charge in [0.2, 0.25) is 0 Å². The molecule has 0 bridgehead atoms. The highest BCUT2D eigenvalue weighted by atomic mass is 32.3. The van der Waals surface area contributed by atoms with Crippen LogP contribution < -0.4 is 11.5 Å². The first kappa shape index (κ1) is 45.4. The van der Waals surface area contributed by atoms with E-state index in [0.717, 1.165) is 45.6 Å². The minimum absolute atomic E-state index is 0.102. The predicted molar refractivity (Wildman–Crippen MR) is 172 cm³/mol. The molecular weight excluding hydrogens is 560 g/mol. The summed E-state index contributed by atoms with van der Waals surface area (Å²) in [6.45, 7) is 9.49. The van der Waals surface area contributed by atoms with E-state index >= 15 is 0 Å². The van der Waals surface area contributed by atoms with E-state index in [0.29, 0.717) is 0 Å². The minimum Gasteiger partial charge on any atom is -0.481 e. The summed E-state index contributed by atoms with van der Waals surface area (Å²) in [6, 6.07) is -0.571. The smallest absolute Gasteiger partial charge is 0.397 e. The maximum Gasteiger partial charge on any atom is 0.397 e. The molecule has 0 aromatic rings. The lowest BCUT2D eigenvalue weighted by molar-refractivity contribution is -0.153. The number of carboxylic acids is 1. The number of unbranched alkanes of at least 4 members (excludes halogenated alkanes) is 10. The second-order valence-electron chi connectivity index (χ2n) is 11.6. The predicted octanol–water partition coefficient (Wildman–Crippen LogP) is 6.49. The van der Waals surface area contributed by atoms with Crippen LogP contribution in [0, 0.1) is 5.41 Å². The van der Waals surface area contributed by atoms with Crippen LogP contribution in [0.1, 0.15) is 150 Å². The van der Waals surface area contributed by atoms with Gasteiger partial charge in [-0.25, -0.2) is 0 Å². The lowest BCUT2D eigenvalue weighted by atomic mass is 9.75. The highest BCUT2D eigenvalue weighted by molar-refractivity contribution is 7.80. The Bertz CT molecular complexity index is 747. The monoisotopic (exact) mass is 626 g/mol. The standard InChI is InChI=1S/C24H46O2.C6H16N2O2.CH4O4S/c1-4-7-8-9-10-11-12-13-14-15-16-17-18-19-22-24(20-5-2,21-6-3)23(25)26;1-4(7)5(8)3-6(2,9)10;1-5-6(2,3)4/h13-14H,4-12,15-22H2,1-3H3,(H,25,26);4-5,9-10H,3,7-8H2,1-2H3;1H3,(H,2,3,4)/b14-13-;;. The van der Waals surface area contributed by atoms with Crippen LogP contribution >= 0.6 is 0 Å². The van der Waals surface area contributed by atoms with Gasteiger partial charge in [-0.3, -0.25) is 13.5 Å². The van der Waals surface area contributed by atoms with Gasteiger partial charge in [0, 0.05) is 18.5 Å². The molecule has 0 fully saturated rings. The minimum atomic E-state index is -4.16. The van der Waals surface area contributed by atoms with Crippen molar-refractivity contribution in [2.24, 2.45) is 16.9 Å². The van der Waals surface area contributed by atoms with E-state index in [9.17, 15) is 18.3 Å². The average molecular weight is 627 g/mol. The Kier molecular flexibility index (Phi) is 29.7. The summed E-state index contributed by atoms with van der Waals surface area (Å²) < 4.78 is 29.7.